The second-order valence-corrected chi connectivity index (χ2v) is 9.67. The summed E-state index contributed by atoms with van der Waals surface area (Å²) in [6, 6.07) is 7.70. The van der Waals surface area contributed by atoms with Crippen LogP contribution in [-0.2, 0) is 14.0 Å². The van der Waals surface area contributed by atoms with Crippen LogP contribution < -0.4 is 10.2 Å². The van der Waals surface area contributed by atoms with Gasteiger partial charge in [-0.05, 0) is 65.6 Å². The van der Waals surface area contributed by atoms with E-state index in [4.69, 9.17) is 18.8 Å². The van der Waals surface area contributed by atoms with E-state index in [2.05, 4.69) is 13.0 Å². The molecule has 1 aliphatic rings. The van der Waals surface area contributed by atoms with Crippen molar-refractivity contribution in [1.82, 2.24) is 4.90 Å². The van der Waals surface area contributed by atoms with Gasteiger partial charge in [-0.3, -0.25) is 0 Å². The van der Waals surface area contributed by atoms with Crippen LogP contribution >= 0.6 is 0 Å². The number of carbonyl (C=O) groups is 1. The minimum absolute atomic E-state index is 0.0652. The van der Waals surface area contributed by atoms with E-state index in [9.17, 15) is 10.1 Å². The lowest BCUT2D eigenvalue weighted by molar-refractivity contribution is 0.0126. The van der Waals surface area contributed by atoms with E-state index in [1.807, 2.05) is 53.7 Å². The second kappa shape index (κ2) is 11.1. The van der Waals surface area contributed by atoms with E-state index in [1.54, 1.807) is 11.0 Å². The van der Waals surface area contributed by atoms with Gasteiger partial charge < -0.3 is 23.7 Å². The summed E-state index contributed by atoms with van der Waals surface area (Å²) in [5.41, 5.74) is 0.379. The molecule has 0 bridgehead atoms. The van der Waals surface area contributed by atoms with Crippen molar-refractivity contribution in [3.63, 3.8) is 0 Å². The number of ether oxygens (including phenoxy) is 2. The highest BCUT2D eigenvalue weighted by molar-refractivity contribution is 6.61. The van der Waals surface area contributed by atoms with Gasteiger partial charge >= 0.3 is 13.2 Å². The third kappa shape index (κ3) is 7.72. The molecule has 0 unspecified atom stereocenters. The molecule has 32 heavy (non-hydrogen) atoms. The number of likely N-dealkylation sites (tertiary alicyclic amines) is 1. The maximum atomic E-state index is 12.3. The molecule has 176 valence electrons. The predicted molar refractivity (Wildman–Crippen MR) is 125 cm³/mol. The zero-order chi connectivity index (χ0) is 23.9. The lowest BCUT2D eigenvalue weighted by Gasteiger charge is -2.33. The molecule has 1 fully saturated rings. The number of amides is 1. The van der Waals surface area contributed by atoms with Gasteiger partial charge in [0, 0.05) is 38.1 Å². The van der Waals surface area contributed by atoms with E-state index in [0.29, 0.717) is 43.9 Å². The number of benzene rings is 1. The second-order valence-electron chi connectivity index (χ2n) is 9.67. The standard InChI is InChI=1S/C24H37BN2O5/c1-8-24(6,7)32-25(29-9-2)19-10-11-21(18(16-19)17-26)30-20-12-14-27(15-13-20)22(28)31-23(3,4)5/h10-11,16,20H,8-9,12-15H2,1-7H3. The van der Waals surface area contributed by atoms with Crippen molar-refractivity contribution in [2.45, 2.75) is 85.0 Å². The summed E-state index contributed by atoms with van der Waals surface area (Å²) in [4.78, 5) is 14.0. The van der Waals surface area contributed by atoms with Crippen LogP contribution in [0.1, 0.15) is 73.3 Å². The van der Waals surface area contributed by atoms with Crippen molar-refractivity contribution in [2.24, 2.45) is 0 Å². The molecular formula is C24H37BN2O5. The van der Waals surface area contributed by atoms with Gasteiger partial charge in [-0.2, -0.15) is 5.26 Å². The summed E-state index contributed by atoms with van der Waals surface area (Å²) in [5, 5.41) is 9.70. The smallest absolute Gasteiger partial charge is 0.489 e. The fourth-order valence-corrected chi connectivity index (χ4v) is 3.27. The van der Waals surface area contributed by atoms with Crippen molar-refractivity contribution in [3.05, 3.63) is 23.8 Å². The Morgan fingerprint density at radius 2 is 1.84 bits per heavy atom. The van der Waals surface area contributed by atoms with Crippen LogP contribution in [0, 0.1) is 11.3 Å². The highest BCUT2D eigenvalue weighted by Gasteiger charge is 2.31. The lowest BCUT2D eigenvalue weighted by Crippen LogP contribution is -2.44. The molecule has 2 rings (SSSR count). The third-order valence-corrected chi connectivity index (χ3v) is 5.38. The Bertz CT molecular complexity index is 808. The summed E-state index contributed by atoms with van der Waals surface area (Å²) in [6.45, 7) is 15.2. The number of hydrogen-bond acceptors (Lipinski definition) is 6. The summed E-state index contributed by atoms with van der Waals surface area (Å²) < 4.78 is 23.5. The van der Waals surface area contributed by atoms with Crippen LogP contribution in [0.5, 0.6) is 5.75 Å². The Hall–Kier alpha value is -2.24. The van der Waals surface area contributed by atoms with Gasteiger partial charge in [0.25, 0.3) is 0 Å². The number of piperidine rings is 1. The molecule has 1 saturated heterocycles. The quantitative estimate of drug-likeness (QED) is 0.557. The number of hydrogen-bond donors (Lipinski definition) is 0. The van der Waals surface area contributed by atoms with Gasteiger partial charge in [-0.15, -0.1) is 0 Å². The topological polar surface area (TPSA) is 81.0 Å². The Labute approximate surface area is 193 Å². The molecule has 0 aromatic heterocycles. The monoisotopic (exact) mass is 444 g/mol. The van der Waals surface area contributed by atoms with Crippen molar-refractivity contribution in [2.75, 3.05) is 19.7 Å². The first kappa shape index (κ1) is 26.0. The first-order valence-electron chi connectivity index (χ1n) is 11.5. The molecule has 0 atom stereocenters. The average molecular weight is 444 g/mol. The van der Waals surface area contributed by atoms with Gasteiger partial charge in [0.05, 0.1) is 5.56 Å². The first-order chi connectivity index (χ1) is 15.0. The van der Waals surface area contributed by atoms with E-state index in [-0.39, 0.29) is 17.8 Å². The van der Waals surface area contributed by atoms with Crippen molar-refractivity contribution in [3.8, 4) is 11.8 Å². The fourth-order valence-electron chi connectivity index (χ4n) is 3.27. The van der Waals surface area contributed by atoms with Crippen LogP contribution in [0.15, 0.2) is 18.2 Å². The minimum atomic E-state index is -0.548. The summed E-state index contributed by atoms with van der Waals surface area (Å²) in [5.74, 6) is 0.539. The predicted octanol–water partition coefficient (Wildman–Crippen LogP) is 4.27. The van der Waals surface area contributed by atoms with E-state index in [0.717, 1.165) is 11.9 Å². The summed E-state index contributed by atoms with van der Waals surface area (Å²) >= 11 is 0. The maximum absolute atomic E-state index is 12.3. The zero-order valence-electron chi connectivity index (χ0n) is 20.6. The number of nitrogens with zero attached hydrogens (tertiary/aromatic N) is 2. The molecule has 0 spiro atoms. The highest BCUT2D eigenvalue weighted by Crippen LogP contribution is 2.24. The molecule has 7 nitrogen and oxygen atoms in total. The molecule has 1 amide bonds. The van der Waals surface area contributed by atoms with Crippen LogP contribution in [-0.4, -0.2) is 55.1 Å². The summed E-state index contributed by atoms with van der Waals surface area (Å²) in [6.07, 6.45) is 1.84. The third-order valence-electron chi connectivity index (χ3n) is 5.38. The number of rotatable bonds is 8. The molecule has 8 heteroatoms. The Balaban J connectivity index is 2.04. The van der Waals surface area contributed by atoms with Gasteiger partial charge in [0.15, 0.2) is 0 Å². The fraction of sp³-hybridized carbons (Fsp3) is 0.667. The van der Waals surface area contributed by atoms with E-state index in [1.165, 1.54) is 0 Å². The largest absolute Gasteiger partial charge is 0.494 e. The van der Waals surface area contributed by atoms with Gasteiger partial charge in [-0.1, -0.05) is 13.0 Å². The lowest BCUT2D eigenvalue weighted by atomic mass is 9.76. The van der Waals surface area contributed by atoms with Gasteiger partial charge in [0.2, 0.25) is 0 Å². The van der Waals surface area contributed by atoms with Crippen LogP contribution in [0.25, 0.3) is 0 Å². The average Bonchev–Trinajstić information content (AvgIpc) is 2.73. The molecule has 0 N–H and O–H groups in total. The highest BCUT2D eigenvalue weighted by atomic mass is 16.6. The van der Waals surface area contributed by atoms with Crippen molar-refractivity contribution >= 4 is 18.7 Å². The minimum Gasteiger partial charge on any atom is -0.489 e. The van der Waals surface area contributed by atoms with Crippen molar-refractivity contribution < 1.29 is 23.6 Å². The molecule has 1 aromatic carbocycles. The molecule has 1 aromatic rings. The Kier molecular flexibility index (Phi) is 9.00. The van der Waals surface area contributed by atoms with Gasteiger partial charge in [-0.25, -0.2) is 4.79 Å². The number of nitriles is 1. The zero-order valence-corrected chi connectivity index (χ0v) is 20.6. The van der Waals surface area contributed by atoms with Crippen LogP contribution in [0.3, 0.4) is 0 Å². The van der Waals surface area contributed by atoms with Crippen LogP contribution in [0.4, 0.5) is 4.79 Å². The first-order valence-corrected chi connectivity index (χ1v) is 11.5. The van der Waals surface area contributed by atoms with E-state index >= 15 is 0 Å². The normalized spacial score (nSPS) is 15.2. The van der Waals surface area contributed by atoms with Crippen molar-refractivity contribution in [1.29, 1.82) is 5.26 Å². The molecule has 0 saturated carbocycles. The summed E-state index contributed by atoms with van der Waals surface area (Å²) in [7, 11) is -0.548. The number of carbonyl (C=O) groups excluding carboxylic acids is 1. The van der Waals surface area contributed by atoms with Crippen LogP contribution in [0.2, 0.25) is 0 Å². The molecule has 0 radical (unpaired) electrons. The SMILES string of the molecule is CCOB(OC(C)(C)CC)c1ccc(OC2CCN(C(=O)OC(C)(C)C)CC2)c(C#N)c1. The maximum Gasteiger partial charge on any atom is 0.494 e. The molecule has 1 heterocycles. The molecular weight excluding hydrogens is 407 g/mol. The van der Waals surface area contributed by atoms with E-state index < -0.39 is 12.7 Å². The Morgan fingerprint density at radius 1 is 1.19 bits per heavy atom. The molecule has 0 aliphatic carbocycles. The Morgan fingerprint density at radius 3 is 2.38 bits per heavy atom. The molecule has 1 aliphatic heterocycles. The van der Waals surface area contributed by atoms with Gasteiger partial charge in [0.1, 0.15) is 23.5 Å².